The van der Waals surface area contributed by atoms with Gasteiger partial charge in [-0.3, -0.25) is 4.40 Å². The van der Waals surface area contributed by atoms with E-state index in [2.05, 4.69) is 34.8 Å². The van der Waals surface area contributed by atoms with E-state index < -0.39 is 11.9 Å². The molecule has 1 aliphatic rings. The highest BCUT2D eigenvalue weighted by atomic mass is 19.4. The first-order valence-electron chi connectivity index (χ1n) is 9.46. The lowest BCUT2D eigenvalue weighted by molar-refractivity contribution is -0.141. The molecular weight excluding hydrogens is 397 g/mol. The second kappa shape index (κ2) is 7.08. The number of imidazole rings is 2. The Kier molecular flexibility index (Phi) is 4.37. The summed E-state index contributed by atoms with van der Waals surface area (Å²) in [7, 11) is 0. The van der Waals surface area contributed by atoms with Crippen LogP contribution in [-0.2, 0) is 6.18 Å². The first-order valence-corrected chi connectivity index (χ1v) is 9.46. The second-order valence-corrected chi connectivity index (χ2v) is 7.17. The number of H-pyrrole nitrogens is 1. The maximum Gasteiger partial charge on any atom is 0.434 e. The van der Waals surface area contributed by atoms with Crippen molar-refractivity contribution in [2.45, 2.75) is 24.9 Å². The molecule has 8 nitrogen and oxygen atoms in total. The molecule has 1 fully saturated rings. The van der Waals surface area contributed by atoms with Gasteiger partial charge in [0.2, 0.25) is 0 Å². The zero-order chi connectivity index (χ0) is 20.7. The topological polar surface area (TPSA) is 87.9 Å². The number of alkyl halides is 3. The van der Waals surface area contributed by atoms with Crippen molar-refractivity contribution in [2.75, 3.05) is 18.0 Å². The predicted octanol–water partition coefficient (Wildman–Crippen LogP) is 3.31. The first kappa shape index (κ1) is 18.5. The van der Waals surface area contributed by atoms with Gasteiger partial charge in [-0.05, 0) is 18.9 Å². The highest BCUT2D eigenvalue weighted by Crippen LogP contribution is 2.30. The number of fused-ring (bicyclic) bond motifs is 1. The largest absolute Gasteiger partial charge is 0.434 e. The Morgan fingerprint density at radius 3 is 2.80 bits per heavy atom. The number of piperidine rings is 1. The van der Waals surface area contributed by atoms with E-state index >= 15 is 0 Å². The predicted molar refractivity (Wildman–Crippen MR) is 102 cm³/mol. The maximum absolute atomic E-state index is 13.1. The molecular formula is C19H17F3N8. The molecule has 0 bridgehead atoms. The molecule has 30 heavy (non-hydrogen) atoms. The van der Waals surface area contributed by atoms with Gasteiger partial charge in [0, 0.05) is 43.3 Å². The number of nitrogens with zero attached hydrogens (tertiary/aromatic N) is 7. The van der Waals surface area contributed by atoms with Crippen molar-refractivity contribution < 1.29 is 13.2 Å². The SMILES string of the molecule is FC(F)(F)c1cn2c(-c3nccc(N4CCC[C@@H](c5cnc[nH]5)C4)n3)cnc2cn1. The van der Waals surface area contributed by atoms with Crippen LogP contribution < -0.4 is 4.90 Å². The number of anilines is 1. The fourth-order valence-electron chi connectivity index (χ4n) is 3.78. The average Bonchev–Trinajstić information content (AvgIpc) is 3.43. The maximum atomic E-state index is 13.1. The smallest absolute Gasteiger partial charge is 0.356 e. The summed E-state index contributed by atoms with van der Waals surface area (Å²) in [5.41, 5.74) is 0.762. The van der Waals surface area contributed by atoms with E-state index in [0.717, 1.165) is 49.8 Å². The van der Waals surface area contributed by atoms with Gasteiger partial charge in [-0.2, -0.15) is 13.2 Å². The fraction of sp³-hybridized carbons (Fsp3) is 0.316. The Labute approximate surface area is 168 Å². The van der Waals surface area contributed by atoms with Crippen LogP contribution in [-0.4, -0.2) is 47.4 Å². The monoisotopic (exact) mass is 414 g/mol. The highest BCUT2D eigenvalue weighted by molar-refractivity contribution is 5.58. The molecule has 1 N–H and O–H groups in total. The Hall–Kier alpha value is -3.50. The number of aromatic amines is 1. The number of nitrogens with one attached hydrogen (secondary N) is 1. The molecule has 5 heterocycles. The van der Waals surface area contributed by atoms with Gasteiger partial charge in [0.05, 0.1) is 18.7 Å². The van der Waals surface area contributed by atoms with Crippen molar-refractivity contribution in [3.8, 4) is 11.5 Å². The molecule has 0 saturated carbocycles. The summed E-state index contributed by atoms with van der Waals surface area (Å²) < 4.78 is 40.5. The van der Waals surface area contributed by atoms with Crippen LogP contribution >= 0.6 is 0 Å². The van der Waals surface area contributed by atoms with Crippen LogP contribution in [0.3, 0.4) is 0 Å². The van der Waals surface area contributed by atoms with E-state index in [1.54, 1.807) is 12.5 Å². The zero-order valence-electron chi connectivity index (χ0n) is 15.7. The lowest BCUT2D eigenvalue weighted by Gasteiger charge is -2.33. The van der Waals surface area contributed by atoms with Crippen LogP contribution in [0.2, 0.25) is 0 Å². The third kappa shape index (κ3) is 3.36. The van der Waals surface area contributed by atoms with E-state index in [-0.39, 0.29) is 0 Å². The van der Waals surface area contributed by atoms with Crippen LogP contribution in [0.1, 0.15) is 30.1 Å². The Morgan fingerprint density at radius 2 is 2.00 bits per heavy atom. The quantitative estimate of drug-likeness (QED) is 0.553. The summed E-state index contributed by atoms with van der Waals surface area (Å²) in [5, 5.41) is 0. The molecule has 0 radical (unpaired) electrons. The van der Waals surface area contributed by atoms with Crippen molar-refractivity contribution in [3.63, 3.8) is 0 Å². The van der Waals surface area contributed by atoms with E-state index in [4.69, 9.17) is 0 Å². The third-order valence-electron chi connectivity index (χ3n) is 5.26. The average molecular weight is 414 g/mol. The summed E-state index contributed by atoms with van der Waals surface area (Å²) in [4.78, 5) is 25.9. The molecule has 5 rings (SSSR count). The molecule has 0 aliphatic carbocycles. The standard InChI is InChI=1S/C19H17F3N8/c20-19(21,22)15-10-30-14(7-26-17(30)8-25-15)18-24-4-3-16(28-18)29-5-1-2-12(9-29)13-6-23-11-27-13/h3-4,6-8,10-12H,1-2,5,9H2,(H,23,27)/t12-/m1/s1. The number of hydrogen-bond donors (Lipinski definition) is 1. The third-order valence-corrected chi connectivity index (χ3v) is 5.26. The van der Waals surface area contributed by atoms with Crippen molar-refractivity contribution in [1.82, 2.24) is 34.3 Å². The molecule has 0 amide bonds. The molecule has 1 aliphatic heterocycles. The molecule has 11 heteroatoms. The Morgan fingerprint density at radius 1 is 1.10 bits per heavy atom. The molecule has 1 atom stereocenters. The van der Waals surface area contributed by atoms with E-state index in [0.29, 0.717) is 23.1 Å². The van der Waals surface area contributed by atoms with Crippen molar-refractivity contribution >= 4 is 11.5 Å². The minimum Gasteiger partial charge on any atom is -0.356 e. The Bertz CT molecular complexity index is 1170. The van der Waals surface area contributed by atoms with Crippen LogP contribution in [0, 0.1) is 0 Å². The lowest BCUT2D eigenvalue weighted by atomic mass is 9.95. The van der Waals surface area contributed by atoms with E-state index in [1.165, 1.54) is 10.6 Å². The Balaban J connectivity index is 1.48. The minimum absolute atomic E-state index is 0.296. The van der Waals surface area contributed by atoms with Crippen molar-refractivity contribution in [3.05, 3.63) is 54.8 Å². The normalized spacial score (nSPS) is 17.6. The summed E-state index contributed by atoms with van der Waals surface area (Å²) in [6.45, 7) is 1.62. The van der Waals surface area contributed by atoms with Gasteiger partial charge in [0.1, 0.15) is 11.5 Å². The molecule has 0 aromatic carbocycles. The van der Waals surface area contributed by atoms with Crippen molar-refractivity contribution in [2.24, 2.45) is 0 Å². The number of halogens is 3. The fourth-order valence-corrected chi connectivity index (χ4v) is 3.78. The van der Waals surface area contributed by atoms with E-state index in [1.807, 2.05) is 12.3 Å². The molecule has 154 valence electrons. The highest BCUT2D eigenvalue weighted by Gasteiger charge is 2.33. The lowest BCUT2D eigenvalue weighted by Crippen LogP contribution is -2.35. The summed E-state index contributed by atoms with van der Waals surface area (Å²) in [6.07, 6.45) is 6.10. The van der Waals surface area contributed by atoms with Crippen LogP contribution in [0.4, 0.5) is 19.0 Å². The summed E-state index contributed by atoms with van der Waals surface area (Å²) in [5.74, 6) is 1.35. The molecule has 0 spiro atoms. The van der Waals surface area contributed by atoms with Crippen LogP contribution in [0.25, 0.3) is 17.2 Å². The zero-order valence-corrected chi connectivity index (χ0v) is 15.7. The summed E-state index contributed by atoms with van der Waals surface area (Å²) in [6, 6.07) is 1.81. The van der Waals surface area contributed by atoms with Gasteiger partial charge in [-0.1, -0.05) is 0 Å². The van der Waals surface area contributed by atoms with Gasteiger partial charge < -0.3 is 9.88 Å². The number of rotatable bonds is 3. The van der Waals surface area contributed by atoms with Crippen LogP contribution in [0.15, 0.2) is 43.4 Å². The van der Waals surface area contributed by atoms with Gasteiger partial charge in [0.25, 0.3) is 0 Å². The number of hydrogen-bond acceptors (Lipinski definition) is 6. The first-order chi connectivity index (χ1) is 14.5. The van der Waals surface area contributed by atoms with Crippen LogP contribution in [0.5, 0.6) is 0 Å². The molecule has 1 saturated heterocycles. The molecule has 4 aromatic rings. The minimum atomic E-state index is -4.55. The van der Waals surface area contributed by atoms with Gasteiger partial charge in [0.15, 0.2) is 17.2 Å². The molecule has 0 unspecified atom stereocenters. The summed E-state index contributed by atoms with van der Waals surface area (Å²) >= 11 is 0. The molecule has 4 aromatic heterocycles. The van der Waals surface area contributed by atoms with Crippen molar-refractivity contribution in [1.29, 1.82) is 0 Å². The second-order valence-electron chi connectivity index (χ2n) is 7.17. The van der Waals surface area contributed by atoms with Gasteiger partial charge >= 0.3 is 6.18 Å². The van der Waals surface area contributed by atoms with E-state index in [9.17, 15) is 13.2 Å². The van der Waals surface area contributed by atoms with Gasteiger partial charge in [-0.25, -0.2) is 24.9 Å². The number of aromatic nitrogens is 7. The van der Waals surface area contributed by atoms with Gasteiger partial charge in [-0.15, -0.1) is 0 Å².